The first-order valence-electron chi connectivity index (χ1n) is 6.58. The van der Waals surface area contributed by atoms with Crippen molar-refractivity contribution in [3.63, 3.8) is 0 Å². The van der Waals surface area contributed by atoms with E-state index in [2.05, 4.69) is 25.8 Å². The summed E-state index contributed by atoms with van der Waals surface area (Å²) in [6.07, 6.45) is 3.85. The van der Waals surface area contributed by atoms with Crippen LogP contribution in [-0.4, -0.2) is 16.1 Å². The van der Waals surface area contributed by atoms with Crippen LogP contribution >= 0.6 is 0 Å². The van der Waals surface area contributed by atoms with Crippen LogP contribution in [-0.2, 0) is 11.3 Å². The summed E-state index contributed by atoms with van der Waals surface area (Å²) in [5, 5.41) is 8.31. The summed E-state index contributed by atoms with van der Waals surface area (Å²) >= 11 is 0. The highest BCUT2D eigenvalue weighted by atomic mass is 16.4. The highest BCUT2D eigenvalue weighted by Crippen LogP contribution is 2.21. The molecule has 3 N–H and O–H groups in total. The topological polar surface area (TPSA) is 76.2 Å². The summed E-state index contributed by atoms with van der Waals surface area (Å²) in [6.45, 7) is 8.92. The van der Waals surface area contributed by atoms with Gasteiger partial charge in [0.05, 0.1) is 0 Å². The maximum absolute atomic E-state index is 10.1. The van der Waals surface area contributed by atoms with Gasteiger partial charge >= 0.3 is 5.97 Å². The number of carboxylic acid groups (broad SMARTS) is 1. The van der Waals surface area contributed by atoms with E-state index in [1.807, 2.05) is 19.1 Å². The zero-order valence-corrected chi connectivity index (χ0v) is 12.4. The minimum atomic E-state index is -0.691. The fourth-order valence-electron chi connectivity index (χ4n) is 1.50. The van der Waals surface area contributed by atoms with Gasteiger partial charge < -0.3 is 10.8 Å². The van der Waals surface area contributed by atoms with Crippen LogP contribution in [0.3, 0.4) is 0 Å². The molecule has 1 rings (SSSR count). The molecule has 4 nitrogen and oxygen atoms in total. The molecule has 1 aromatic rings. The molecule has 0 atom stereocenters. The minimum Gasteiger partial charge on any atom is -0.481 e. The predicted molar refractivity (Wildman–Crippen MR) is 77.8 cm³/mol. The van der Waals surface area contributed by atoms with Crippen LogP contribution in [0.2, 0.25) is 0 Å². The Labute approximate surface area is 116 Å². The van der Waals surface area contributed by atoms with E-state index in [1.54, 1.807) is 6.20 Å². The molecule has 0 unspecified atom stereocenters. The van der Waals surface area contributed by atoms with Crippen LogP contribution in [0.15, 0.2) is 18.3 Å². The second-order valence-corrected chi connectivity index (χ2v) is 5.82. The zero-order valence-electron chi connectivity index (χ0n) is 12.4. The van der Waals surface area contributed by atoms with Gasteiger partial charge in [0.25, 0.3) is 0 Å². The van der Waals surface area contributed by atoms with Crippen LogP contribution in [0.25, 0.3) is 0 Å². The summed E-state index contributed by atoms with van der Waals surface area (Å²) in [7, 11) is 0. The van der Waals surface area contributed by atoms with Crippen molar-refractivity contribution in [3.05, 3.63) is 29.6 Å². The highest BCUT2D eigenvalue weighted by Gasteiger charge is 2.09. The van der Waals surface area contributed by atoms with Crippen molar-refractivity contribution in [1.82, 2.24) is 4.98 Å². The van der Waals surface area contributed by atoms with E-state index in [1.165, 1.54) is 0 Å². The lowest BCUT2D eigenvalue weighted by Crippen LogP contribution is -2.05. The summed E-state index contributed by atoms with van der Waals surface area (Å²) in [5.74, 6) is -0.691. The number of hydrogen-bond donors (Lipinski definition) is 2. The number of nitrogens with two attached hydrogens (primary N) is 1. The second kappa shape index (κ2) is 8.64. The average Bonchev–Trinajstić information content (AvgIpc) is 2.27. The van der Waals surface area contributed by atoms with Gasteiger partial charge in [-0.15, -0.1) is 0 Å². The Hall–Kier alpha value is -1.42. The molecule has 0 aliphatic rings. The van der Waals surface area contributed by atoms with Crippen molar-refractivity contribution >= 4 is 5.97 Å². The van der Waals surface area contributed by atoms with E-state index in [-0.39, 0.29) is 5.41 Å². The third-order valence-corrected chi connectivity index (χ3v) is 2.51. The number of hydrogen-bond acceptors (Lipinski definition) is 3. The summed E-state index contributed by atoms with van der Waals surface area (Å²) in [5.41, 5.74) is 7.83. The summed E-state index contributed by atoms with van der Waals surface area (Å²) in [4.78, 5) is 14.1. The van der Waals surface area contributed by atoms with Crippen molar-refractivity contribution in [1.29, 1.82) is 0 Å². The minimum absolute atomic E-state index is 0.273. The molecule has 0 amide bonds. The van der Waals surface area contributed by atoms with Gasteiger partial charge in [-0.25, -0.2) is 0 Å². The molecule has 0 bridgehead atoms. The van der Waals surface area contributed by atoms with Gasteiger partial charge in [0.15, 0.2) is 0 Å². The number of carboxylic acids is 1. The van der Waals surface area contributed by atoms with E-state index in [0.29, 0.717) is 13.0 Å². The van der Waals surface area contributed by atoms with E-state index in [0.717, 1.165) is 24.1 Å². The Morgan fingerprint density at radius 3 is 2.42 bits per heavy atom. The van der Waals surface area contributed by atoms with E-state index >= 15 is 0 Å². The molecule has 0 aliphatic heterocycles. The first kappa shape index (κ1) is 17.6. The molecular weight excluding hydrogens is 240 g/mol. The molecular formula is C15H26N2O2. The zero-order chi connectivity index (χ0) is 14.9. The molecule has 0 saturated heterocycles. The normalized spacial score (nSPS) is 10.6. The summed E-state index contributed by atoms with van der Waals surface area (Å²) < 4.78 is 0. The van der Waals surface area contributed by atoms with Crippen molar-refractivity contribution in [2.45, 2.75) is 53.5 Å². The monoisotopic (exact) mass is 266 g/mol. The van der Waals surface area contributed by atoms with Crippen LogP contribution < -0.4 is 5.73 Å². The number of aliphatic carboxylic acids is 1. The lowest BCUT2D eigenvalue weighted by molar-refractivity contribution is -0.137. The fourth-order valence-corrected chi connectivity index (χ4v) is 1.50. The van der Waals surface area contributed by atoms with Crippen molar-refractivity contribution in [3.8, 4) is 0 Å². The van der Waals surface area contributed by atoms with Crippen molar-refractivity contribution < 1.29 is 9.90 Å². The average molecular weight is 266 g/mol. The van der Waals surface area contributed by atoms with E-state index < -0.39 is 5.97 Å². The molecule has 1 aromatic heterocycles. The lowest BCUT2D eigenvalue weighted by atomic mass is 9.90. The molecule has 0 aromatic carbocycles. The Bertz CT molecular complexity index is 384. The summed E-state index contributed by atoms with van der Waals surface area (Å²) in [6, 6.07) is 3.91. The predicted octanol–water partition coefficient (Wildman–Crippen LogP) is 3.14. The van der Waals surface area contributed by atoms with Crippen LogP contribution in [0.5, 0.6) is 0 Å². The number of nitrogens with zero attached hydrogens (tertiary/aromatic N) is 1. The number of rotatable bonds is 4. The Morgan fingerprint density at radius 1 is 1.42 bits per heavy atom. The van der Waals surface area contributed by atoms with Gasteiger partial charge in [-0.1, -0.05) is 20.8 Å². The number of carbonyl (C=O) groups is 1. The Morgan fingerprint density at radius 2 is 2.05 bits per heavy atom. The number of aromatic nitrogens is 1. The molecule has 0 radical (unpaired) electrons. The third kappa shape index (κ3) is 11.4. The van der Waals surface area contributed by atoms with Crippen LogP contribution in [0.4, 0.5) is 0 Å². The molecule has 19 heavy (non-hydrogen) atoms. The van der Waals surface area contributed by atoms with Crippen LogP contribution in [0, 0.1) is 12.3 Å². The third-order valence-electron chi connectivity index (χ3n) is 2.51. The molecule has 0 aliphatic carbocycles. The van der Waals surface area contributed by atoms with Gasteiger partial charge in [-0.2, -0.15) is 0 Å². The molecule has 1 heterocycles. The van der Waals surface area contributed by atoms with Gasteiger partial charge in [0.2, 0.25) is 0 Å². The van der Waals surface area contributed by atoms with E-state index in [9.17, 15) is 4.79 Å². The van der Waals surface area contributed by atoms with Crippen molar-refractivity contribution in [2.75, 3.05) is 0 Å². The fraction of sp³-hybridized carbons (Fsp3) is 0.600. The number of pyridine rings is 1. The largest absolute Gasteiger partial charge is 0.481 e. The second-order valence-electron chi connectivity index (χ2n) is 5.82. The highest BCUT2D eigenvalue weighted by molar-refractivity contribution is 5.66. The Balaban J connectivity index is 0.000000342. The molecule has 0 fully saturated rings. The first-order chi connectivity index (χ1) is 8.74. The van der Waals surface area contributed by atoms with Gasteiger partial charge in [-0.05, 0) is 42.9 Å². The van der Waals surface area contributed by atoms with Crippen LogP contribution in [0.1, 0.15) is 51.3 Å². The molecule has 0 spiro atoms. The number of aryl methyl sites for hydroxylation is 1. The first-order valence-corrected chi connectivity index (χ1v) is 6.58. The molecule has 108 valence electrons. The standard InChI is InChI=1S/C8H16O2.C7H10N2/c1-8(2,3)6-4-5-7(9)10;1-6-4-7(5-8)2-3-9-6/h4-6H2,1-3H3,(H,9,10);2-4H,5,8H2,1H3. The van der Waals surface area contributed by atoms with Crippen molar-refractivity contribution in [2.24, 2.45) is 11.1 Å². The smallest absolute Gasteiger partial charge is 0.303 e. The lowest BCUT2D eigenvalue weighted by Gasteiger charge is -2.16. The quantitative estimate of drug-likeness (QED) is 0.877. The van der Waals surface area contributed by atoms with Gasteiger partial charge in [-0.3, -0.25) is 9.78 Å². The Kier molecular flexibility index (Phi) is 8.00. The molecule has 4 heteroatoms. The van der Waals surface area contributed by atoms with Gasteiger partial charge in [0.1, 0.15) is 0 Å². The SMILES string of the molecule is CC(C)(C)CCCC(=O)O.Cc1cc(CN)ccn1. The molecule has 0 saturated carbocycles. The van der Waals surface area contributed by atoms with E-state index in [4.69, 9.17) is 10.8 Å². The maximum Gasteiger partial charge on any atom is 0.303 e. The van der Waals surface area contributed by atoms with Gasteiger partial charge in [0, 0.05) is 24.9 Å². The maximum atomic E-state index is 10.1.